The first-order chi connectivity index (χ1) is 18.4. The number of Topliss-reactive ketones (excluding diaryl/α,β-unsaturated/α-hetero) is 4. The number of primary amides is 1. The summed E-state index contributed by atoms with van der Waals surface area (Å²) in [6.07, 6.45) is 1.44. The van der Waals surface area contributed by atoms with E-state index in [1.165, 1.54) is 38.4 Å². The lowest BCUT2D eigenvalue weighted by molar-refractivity contribution is -0.181. The van der Waals surface area contributed by atoms with Crippen molar-refractivity contribution in [2.45, 2.75) is 24.5 Å². The normalized spacial score (nSPS) is 30.3. The van der Waals surface area contributed by atoms with Crippen LogP contribution < -0.4 is 5.73 Å². The number of nitrogens with zero attached hydrogens (tertiary/aromatic N) is 2. The zero-order valence-electron chi connectivity index (χ0n) is 21.4. The number of phenols is 1. The lowest BCUT2D eigenvalue weighted by atomic mass is 9.52. The molecule has 2 saturated carbocycles. The van der Waals surface area contributed by atoms with Crippen LogP contribution in [-0.2, 0) is 30.4 Å². The SMILES string of the molecule is CO/N=C\c1ccc(-c2ccc(O)c3c2C[C@H]2C[C@H]4C(N(C)C)C(=O)C(C(N)=O)C(=O)[C@@]4(O)C(=O)C2C3=O)o1. The Bertz CT molecular complexity index is 1460. The fourth-order valence-electron chi connectivity index (χ4n) is 6.51. The second-order valence-corrected chi connectivity index (χ2v) is 10.4. The lowest BCUT2D eigenvalue weighted by Crippen LogP contribution is -2.74. The summed E-state index contributed by atoms with van der Waals surface area (Å²) in [6, 6.07) is 5.04. The topological polar surface area (TPSA) is 190 Å². The van der Waals surface area contributed by atoms with Gasteiger partial charge in [0.2, 0.25) is 5.91 Å². The molecule has 5 rings (SSSR count). The second-order valence-electron chi connectivity index (χ2n) is 10.4. The van der Waals surface area contributed by atoms with Gasteiger partial charge in [-0.15, -0.1) is 0 Å². The van der Waals surface area contributed by atoms with E-state index in [2.05, 4.69) is 9.99 Å². The number of phenolic OH excluding ortho intramolecular Hbond substituents is 1. The number of rotatable bonds is 5. The Morgan fingerprint density at radius 1 is 1.18 bits per heavy atom. The van der Waals surface area contributed by atoms with Crippen molar-refractivity contribution in [2.24, 2.45) is 34.6 Å². The molecule has 12 nitrogen and oxygen atoms in total. The maximum atomic E-state index is 13.9. The van der Waals surface area contributed by atoms with Crippen LogP contribution in [0.4, 0.5) is 0 Å². The maximum Gasteiger partial charge on any atom is 0.235 e. The standard InChI is InChI=1S/C27H27N3O9/c1-30(2)21-15-9-11-8-14-13(17-7-4-12(39-17)10-29-38-3)5-6-16(31)19(14)22(32)18(11)24(34)27(15,37)25(35)20(23(21)33)26(28)36/h4-7,10-11,15,18,20-21,31,37H,8-9H2,1-3H3,(H2,28,36)/b29-10-/t11-,15-,18?,20?,21?,27-/m0/s1. The van der Waals surface area contributed by atoms with Gasteiger partial charge < -0.3 is 25.2 Å². The van der Waals surface area contributed by atoms with Gasteiger partial charge in [0.05, 0.1) is 17.5 Å². The number of furan rings is 1. The molecule has 0 spiro atoms. The number of hydrogen-bond acceptors (Lipinski definition) is 11. The molecule has 39 heavy (non-hydrogen) atoms. The molecule has 3 unspecified atom stereocenters. The fraction of sp³-hybridized carbons (Fsp3) is 0.407. The Morgan fingerprint density at radius 2 is 1.90 bits per heavy atom. The van der Waals surface area contributed by atoms with Gasteiger partial charge in [0.15, 0.2) is 34.7 Å². The molecule has 1 aromatic heterocycles. The number of benzene rings is 1. The van der Waals surface area contributed by atoms with Gasteiger partial charge in [-0.05, 0) is 62.7 Å². The summed E-state index contributed by atoms with van der Waals surface area (Å²) in [6.45, 7) is 0. The third-order valence-corrected chi connectivity index (χ3v) is 8.12. The molecule has 6 atom stereocenters. The van der Waals surface area contributed by atoms with E-state index in [4.69, 9.17) is 10.2 Å². The number of carbonyl (C=O) groups is 5. The van der Waals surface area contributed by atoms with Crippen LogP contribution in [-0.4, -0.2) is 83.2 Å². The Hall–Kier alpha value is -4.16. The van der Waals surface area contributed by atoms with Gasteiger partial charge in [-0.1, -0.05) is 5.16 Å². The van der Waals surface area contributed by atoms with E-state index in [0.29, 0.717) is 22.6 Å². The molecule has 3 aliphatic rings. The average molecular weight is 538 g/mol. The van der Waals surface area contributed by atoms with Crippen LogP contribution in [0.5, 0.6) is 5.75 Å². The highest BCUT2D eigenvalue weighted by Crippen LogP contribution is 2.51. The molecule has 3 aliphatic carbocycles. The Labute approximate surface area is 222 Å². The highest BCUT2D eigenvalue weighted by atomic mass is 16.6. The molecule has 2 fully saturated rings. The van der Waals surface area contributed by atoms with Crippen molar-refractivity contribution in [1.29, 1.82) is 0 Å². The van der Waals surface area contributed by atoms with Gasteiger partial charge in [-0.3, -0.25) is 28.9 Å². The van der Waals surface area contributed by atoms with Crippen molar-refractivity contribution in [2.75, 3.05) is 21.2 Å². The summed E-state index contributed by atoms with van der Waals surface area (Å²) in [5, 5.41) is 26.0. The van der Waals surface area contributed by atoms with Crippen molar-refractivity contribution in [3.63, 3.8) is 0 Å². The molecule has 0 bridgehead atoms. The number of amides is 1. The largest absolute Gasteiger partial charge is 0.507 e. The van der Waals surface area contributed by atoms with E-state index < -0.39 is 64.4 Å². The predicted molar refractivity (Wildman–Crippen MR) is 134 cm³/mol. The van der Waals surface area contributed by atoms with Gasteiger partial charge in [-0.2, -0.15) is 0 Å². The third kappa shape index (κ3) is 3.73. The van der Waals surface area contributed by atoms with Crippen LogP contribution in [0.2, 0.25) is 0 Å². The molecule has 204 valence electrons. The number of hydrogen-bond donors (Lipinski definition) is 3. The van der Waals surface area contributed by atoms with Crippen molar-refractivity contribution >= 4 is 35.3 Å². The number of fused-ring (bicyclic) bond motifs is 3. The minimum Gasteiger partial charge on any atom is -0.507 e. The quantitative estimate of drug-likeness (QED) is 0.268. The highest BCUT2D eigenvalue weighted by Gasteiger charge is 2.69. The van der Waals surface area contributed by atoms with Crippen molar-refractivity contribution in [3.8, 4) is 17.1 Å². The van der Waals surface area contributed by atoms with E-state index in [-0.39, 0.29) is 24.2 Å². The average Bonchev–Trinajstić information content (AvgIpc) is 3.33. The van der Waals surface area contributed by atoms with Crippen molar-refractivity contribution < 1.29 is 43.4 Å². The monoisotopic (exact) mass is 537 g/mol. The van der Waals surface area contributed by atoms with Crippen LogP contribution in [0.3, 0.4) is 0 Å². The van der Waals surface area contributed by atoms with E-state index in [9.17, 15) is 34.2 Å². The Kier molecular flexibility index (Phi) is 6.27. The molecule has 0 radical (unpaired) electrons. The molecule has 1 heterocycles. The van der Waals surface area contributed by atoms with Crippen molar-refractivity contribution in [1.82, 2.24) is 4.90 Å². The summed E-state index contributed by atoms with van der Waals surface area (Å²) in [7, 11) is 4.45. The number of ketones is 4. The first-order valence-electron chi connectivity index (χ1n) is 12.3. The number of likely N-dealkylation sites (N-methyl/N-ethyl adjacent to an activating group) is 1. The van der Waals surface area contributed by atoms with Crippen LogP contribution in [0, 0.1) is 23.7 Å². The summed E-state index contributed by atoms with van der Waals surface area (Å²) < 4.78 is 5.81. The number of aliphatic hydroxyl groups is 1. The minimum atomic E-state index is -2.76. The fourth-order valence-corrected chi connectivity index (χ4v) is 6.51. The molecule has 4 N–H and O–H groups in total. The molecule has 0 saturated heterocycles. The molecule has 0 aliphatic heterocycles. The number of nitrogens with two attached hydrogens (primary N) is 1. The summed E-state index contributed by atoms with van der Waals surface area (Å²) in [4.78, 5) is 72.3. The minimum absolute atomic E-state index is 0.0388. The Balaban J connectivity index is 1.62. The zero-order valence-corrected chi connectivity index (χ0v) is 21.4. The molecule has 12 heteroatoms. The first kappa shape index (κ1) is 26.4. The summed E-state index contributed by atoms with van der Waals surface area (Å²) in [5.41, 5.74) is 3.41. The van der Waals surface area contributed by atoms with E-state index in [0.717, 1.165) is 0 Å². The molecule has 2 aromatic rings. The Morgan fingerprint density at radius 3 is 2.54 bits per heavy atom. The van der Waals surface area contributed by atoms with Gasteiger partial charge in [0, 0.05) is 11.5 Å². The van der Waals surface area contributed by atoms with Gasteiger partial charge in [-0.25, -0.2) is 0 Å². The zero-order chi connectivity index (χ0) is 28.4. The van der Waals surface area contributed by atoms with Crippen LogP contribution in [0.25, 0.3) is 11.3 Å². The third-order valence-electron chi connectivity index (χ3n) is 8.12. The number of carbonyl (C=O) groups excluding carboxylic acids is 5. The van der Waals surface area contributed by atoms with Gasteiger partial charge in [0.1, 0.15) is 30.6 Å². The molecule has 1 amide bonds. The van der Waals surface area contributed by atoms with Crippen LogP contribution in [0.1, 0.15) is 28.1 Å². The van der Waals surface area contributed by atoms with Crippen molar-refractivity contribution in [3.05, 3.63) is 41.2 Å². The summed E-state index contributed by atoms with van der Waals surface area (Å²) in [5.74, 6) is -10.2. The molecular weight excluding hydrogens is 510 g/mol. The lowest BCUT2D eigenvalue weighted by Gasteiger charge is -2.52. The first-order valence-corrected chi connectivity index (χ1v) is 12.3. The van der Waals surface area contributed by atoms with E-state index in [1.807, 2.05) is 0 Å². The van der Waals surface area contributed by atoms with E-state index >= 15 is 0 Å². The molecule has 1 aromatic carbocycles. The summed E-state index contributed by atoms with van der Waals surface area (Å²) >= 11 is 0. The maximum absolute atomic E-state index is 13.9. The van der Waals surface area contributed by atoms with Crippen LogP contribution in [0.15, 0.2) is 33.8 Å². The predicted octanol–water partition coefficient (Wildman–Crippen LogP) is 0.107. The second kappa shape index (κ2) is 9.24. The van der Waals surface area contributed by atoms with Gasteiger partial charge >= 0.3 is 0 Å². The highest BCUT2D eigenvalue weighted by molar-refractivity contribution is 6.32. The number of aromatic hydroxyl groups is 1. The van der Waals surface area contributed by atoms with Gasteiger partial charge in [0.25, 0.3) is 0 Å². The smallest absolute Gasteiger partial charge is 0.235 e. The molecular formula is C27H27N3O9. The van der Waals surface area contributed by atoms with E-state index in [1.54, 1.807) is 18.2 Å². The van der Waals surface area contributed by atoms with Crippen LogP contribution >= 0.6 is 0 Å². The number of oxime groups is 1.